The van der Waals surface area contributed by atoms with Crippen LogP contribution < -0.4 is 15.3 Å². The molecule has 0 amide bonds. The van der Waals surface area contributed by atoms with E-state index in [4.69, 9.17) is 16.3 Å². The monoisotopic (exact) mass is 213 g/mol. The Morgan fingerprint density at radius 3 is 3.07 bits per heavy atom. The Balaban J connectivity index is 2.35. The minimum Gasteiger partial charge on any atom is -0.485 e. The number of anilines is 1. The van der Waals surface area contributed by atoms with Gasteiger partial charge >= 0.3 is 5.69 Å². The number of hydrogen-bond donors (Lipinski definition) is 0. The summed E-state index contributed by atoms with van der Waals surface area (Å²) in [5.41, 5.74) is -0.290. The van der Waals surface area contributed by atoms with Crippen LogP contribution in [-0.2, 0) is 6.54 Å². The molecule has 0 aliphatic carbocycles. The first-order valence-corrected chi connectivity index (χ1v) is 4.83. The smallest absolute Gasteiger partial charge is 0.350 e. The quantitative estimate of drug-likeness (QED) is 0.574. The molecule has 3 heterocycles. The van der Waals surface area contributed by atoms with Crippen LogP contribution >= 0.6 is 11.6 Å². The minimum atomic E-state index is -0.290. The number of rotatable bonds is 0. The van der Waals surface area contributed by atoms with Gasteiger partial charge in [0.15, 0.2) is 16.7 Å². The molecule has 0 spiro atoms. The lowest BCUT2D eigenvalue weighted by Crippen LogP contribution is -2.32. The second-order valence-corrected chi connectivity index (χ2v) is 3.68. The highest BCUT2D eigenvalue weighted by Crippen LogP contribution is 2.37. The molecule has 0 atom stereocenters. The summed E-state index contributed by atoms with van der Waals surface area (Å²) in [5, 5.41) is 0.174. The normalized spacial score (nSPS) is 17.9. The number of hydrogen-bond acceptors (Lipinski definition) is 4. The maximum Gasteiger partial charge on any atom is 0.350 e. The van der Waals surface area contributed by atoms with Crippen molar-refractivity contribution < 1.29 is 4.74 Å². The van der Waals surface area contributed by atoms with Crippen molar-refractivity contribution in [1.82, 2.24) is 9.55 Å². The van der Waals surface area contributed by atoms with Crippen LogP contribution in [0.4, 0.5) is 5.82 Å². The fraction of sp³-hybridized carbons (Fsp3) is 0.500. The fourth-order valence-corrected chi connectivity index (χ4v) is 2.15. The maximum atomic E-state index is 11.5. The third kappa shape index (κ3) is 0.901. The summed E-state index contributed by atoms with van der Waals surface area (Å²) in [4.78, 5) is 17.3. The standard InChI is InChI=1S/C8H8ClN3O2/c9-6-5-7-11(3-4-14-5)1-2-12(7)8(13)10-6/h1-4H2. The van der Waals surface area contributed by atoms with Crippen molar-refractivity contribution in [3.8, 4) is 5.75 Å². The van der Waals surface area contributed by atoms with Crippen molar-refractivity contribution in [2.75, 3.05) is 24.6 Å². The topological polar surface area (TPSA) is 47.4 Å². The highest BCUT2D eigenvalue weighted by Gasteiger charge is 2.30. The van der Waals surface area contributed by atoms with Crippen molar-refractivity contribution in [2.24, 2.45) is 0 Å². The summed E-state index contributed by atoms with van der Waals surface area (Å²) in [6, 6.07) is 0. The first-order valence-electron chi connectivity index (χ1n) is 4.45. The van der Waals surface area contributed by atoms with Crippen LogP contribution in [0.2, 0.25) is 5.15 Å². The van der Waals surface area contributed by atoms with Gasteiger partial charge in [-0.1, -0.05) is 11.6 Å². The van der Waals surface area contributed by atoms with Crippen LogP contribution in [0, 0.1) is 0 Å². The lowest BCUT2D eigenvalue weighted by Gasteiger charge is -2.26. The van der Waals surface area contributed by atoms with Gasteiger partial charge in [-0.2, -0.15) is 4.98 Å². The van der Waals surface area contributed by atoms with E-state index in [-0.39, 0.29) is 10.8 Å². The molecule has 0 radical (unpaired) electrons. The van der Waals surface area contributed by atoms with Gasteiger partial charge in [0.2, 0.25) is 0 Å². The molecule has 5 nitrogen and oxygen atoms in total. The van der Waals surface area contributed by atoms with Gasteiger partial charge in [-0.05, 0) is 0 Å². The van der Waals surface area contributed by atoms with Gasteiger partial charge < -0.3 is 9.64 Å². The van der Waals surface area contributed by atoms with Crippen molar-refractivity contribution >= 4 is 17.4 Å². The molecule has 0 saturated heterocycles. The Hall–Kier alpha value is -1.23. The molecule has 0 saturated carbocycles. The first kappa shape index (κ1) is 8.11. The summed E-state index contributed by atoms with van der Waals surface area (Å²) in [5.74, 6) is 1.34. The van der Waals surface area contributed by atoms with Gasteiger partial charge in [-0.25, -0.2) is 4.79 Å². The number of nitrogens with zero attached hydrogens (tertiary/aromatic N) is 3. The van der Waals surface area contributed by atoms with E-state index in [9.17, 15) is 4.79 Å². The largest absolute Gasteiger partial charge is 0.485 e. The van der Waals surface area contributed by atoms with E-state index in [1.54, 1.807) is 4.57 Å². The molecule has 0 N–H and O–H groups in total. The van der Waals surface area contributed by atoms with Crippen molar-refractivity contribution in [2.45, 2.75) is 6.54 Å². The van der Waals surface area contributed by atoms with E-state index >= 15 is 0 Å². The predicted octanol–water partition coefficient (Wildman–Crippen LogP) is 0.109. The van der Waals surface area contributed by atoms with E-state index in [0.717, 1.165) is 18.9 Å². The number of aromatic nitrogens is 2. The summed E-state index contributed by atoms with van der Waals surface area (Å²) >= 11 is 5.84. The molecule has 2 aliphatic heterocycles. The zero-order valence-corrected chi connectivity index (χ0v) is 8.12. The van der Waals surface area contributed by atoms with Crippen molar-refractivity contribution in [1.29, 1.82) is 0 Å². The SMILES string of the molecule is O=c1nc(Cl)c2c3n1CCN3CCO2. The third-order valence-corrected chi connectivity index (χ3v) is 2.83. The lowest BCUT2D eigenvalue weighted by molar-refractivity contribution is 0.307. The molecule has 74 valence electrons. The van der Waals surface area contributed by atoms with Crippen LogP contribution in [0.3, 0.4) is 0 Å². The molecular weight excluding hydrogens is 206 g/mol. The number of halogens is 1. The van der Waals surface area contributed by atoms with Gasteiger partial charge in [0.25, 0.3) is 0 Å². The van der Waals surface area contributed by atoms with Crippen molar-refractivity contribution in [3.05, 3.63) is 15.6 Å². The van der Waals surface area contributed by atoms with Crippen LogP contribution in [-0.4, -0.2) is 29.2 Å². The second kappa shape index (κ2) is 2.63. The highest BCUT2D eigenvalue weighted by atomic mass is 35.5. The lowest BCUT2D eigenvalue weighted by atomic mass is 10.4. The van der Waals surface area contributed by atoms with E-state index < -0.39 is 0 Å². The highest BCUT2D eigenvalue weighted by molar-refractivity contribution is 6.31. The first-order chi connectivity index (χ1) is 6.77. The Labute approximate surface area is 84.9 Å². The Bertz CT molecular complexity index is 457. The zero-order chi connectivity index (χ0) is 9.71. The second-order valence-electron chi connectivity index (χ2n) is 3.33. The molecule has 3 rings (SSSR count). The molecule has 0 unspecified atom stereocenters. The Morgan fingerprint density at radius 2 is 2.21 bits per heavy atom. The summed E-state index contributed by atoms with van der Waals surface area (Å²) in [6.45, 7) is 2.93. The average molecular weight is 214 g/mol. The molecule has 2 aliphatic rings. The van der Waals surface area contributed by atoms with Gasteiger partial charge in [0, 0.05) is 13.1 Å². The molecule has 0 bridgehead atoms. The van der Waals surface area contributed by atoms with Gasteiger partial charge in [0.05, 0.1) is 6.54 Å². The molecule has 0 fully saturated rings. The van der Waals surface area contributed by atoms with Gasteiger partial charge in [-0.3, -0.25) is 4.57 Å². The Morgan fingerprint density at radius 1 is 1.36 bits per heavy atom. The van der Waals surface area contributed by atoms with Crippen LogP contribution in [0.15, 0.2) is 4.79 Å². The van der Waals surface area contributed by atoms with E-state index in [1.807, 2.05) is 0 Å². The number of ether oxygens (including phenoxy) is 1. The molecule has 0 aromatic carbocycles. The van der Waals surface area contributed by atoms with E-state index in [1.165, 1.54) is 0 Å². The third-order valence-electron chi connectivity index (χ3n) is 2.57. The molecular formula is C8H8ClN3O2. The summed E-state index contributed by atoms with van der Waals surface area (Å²) in [7, 11) is 0. The average Bonchev–Trinajstić information content (AvgIpc) is 2.59. The maximum absolute atomic E-state index is 11.5. The molecule has 14 heavy (non-hydrogen) atoms. The van der Waals surface area contributed by atoms with Crippen LogP contribution in [0.1, 0.15) is 0 Å². The van der Waals surface area contributed by atoms with Crippen LogP contribution in [0.25, 0.3) is 0 Å². The van der Waals surface area contributed by atoms with Crippen molar-refractivity contribution in [3.63, 3.8) is 0 Å². The summed E-state index contributed by atoms with van der Waals surface area (Å²) < 4.78 is 7.02. The molecule has 6 heteroatoms. The van der Waals surface area contributed by atoms with Gasteiger partial charge in [0.1, 0.15) is 6.61 Å². The molecule has 1 aromatic heterocycles. The van der Waals surface area contributed by atoms with Crippen LogP contribution in [0.5, 0.6) is 5.75 Å². The molecule has 1 aromatic rings. The predicted molar refractivity (Wildman–Crippen MR) is 51.2 cm³/mol. The zero-order valence-electron chi connectivity index (χ0n) is 7.36. The van der Waals surface area contributed by atoms with Gasteiger partial charge in [-0.15, -0.1) is 0 Å². The minimum absolute atomic E-state index is 0.174. The summed E-state index contributed by atoms with van der Waals surface area (Å²) in [6.07, 6.45) is 0. The fourth-order valence-electron chi connectivity index (χ4n) is 1.94. The van der Waals surface area contributed by atoms with E-state index in [0.29, 0.717) is 18.9 Å². The van der Waals surface area contributed by atoms with E-state index in [2.05, 4.69) is 9.88 Å². The Kier molecular flexibility index (Phi) is 1.53.